The molecule has 0 bridgehead atoms. The van der Waals surface area contributed by atoms with E-state index in [1.807, 2.05) is 13.8 Å². The van der Waals surface area contributed by atoms with E-state index in [0.717, 1.165) is 12.7 Å². The average Bonchev–Trinajstić information content (AvgIpc) is 2.37. The van der Waals surface area contributed by atoms with Gasteiger partial charge in [-0.1, -0.05) is 20.3 Å². The molecular formula is C13H21N3O3S. The molecule has 1 aromatic rings. The van der Waals surface area contributed by atoms with Gasteiger partial charge < -0.3 is 11.1 Å². The Morgan fingerprint density at radius 1 is 1.25 bits per heavy atom. The zero-order valence-electron chi connectivity index (χ0n) is 11.9. The smallest absolute Gasteiger partial charge is 0.241 e. The first-order valence-electron chi connectivity index (χ1n) is 6.37. The highest BCUT2D eigenvalue weighted by Gasteiger charge is 2.19. The van der Waals surface area contributed by atoms with Crippen LogP contribution in [0.2, 0.25) is 0 Å². The van der Waals surface area contributed by atoms with E-state index in [2.05, 4.69) is 10.0 Å². The maximum Gasteiger partial charge on any atom is 0.241 e. The van der Waals surface area contributed by atoms with E-state index >= 15 is 0 Å². The van der Waals surface area contributed by atoms with Crippen LogP contribution < -0.4 is 15.8 Å². The summed E-state index contributed by atoms with van der Waals surface area (Å²) in [5.41, 5.74) is 6.85. The molecule has 0 radical (unpaired) electrons. The Labute approximate surface area is 119 Å². The molecule has 0 aromatic heterocycles. The van der Waals surface area contributed by atoms with Crippen molar-refractivity contribution in [3.8, 4) is 0 Å². The molecule has 0 fully saturated rings. The lowest BCUT2D eigenvalue weighted by Gasteiger charge is -2.17. The predicted molar refractivity (Wildman–Crippen MR) is 81.0 cm³/mol. The predicted octanol–water partition coefficient (Wildman–Crippen LogP) is 1.37. The number of hydrogen-bond donors (Lipinski definition) is 3. The van der Waals surface area contributed by atoms with Crippen LogP contribution in [0.3, 0.4) is 0 Å². The summed E-state index contributed by atoms with van der Waals surface area (Å²) in [7, 11) is -3.30. The van der Waals surface area contributed by atoms with Gasteiger partial charge in [-0.05, 0) is 30.2 Å². The van der Waals surface area contributed by atoms with Gasteiger partial charge >= 0.3 is 0 Å². The molecule has 112 valence electrons. The minimum Gasteiger partial charge on any atom is -0.325 e. The van der Waals surface area contributed by atoms with E-state index in [0.29, 0.717) is 11.4 Å². The van der Waals surface area contributed by atoms with Gasteiger partial charge in [0, 0.05) is 11.4 Å². The number of sulfonamides is 1. The summed E-state index contributed by atoms with van der Waals surface area (Å²) in [5.74, 6) is -0.149. The highest BCUT2D eigenvalue weighted by Crippen LogP contribution is 2.15. The lowest BCUT2D eigenvalue weighted by Crippen LogP contribution is -2.40. The molecule has 6 nitrogen and oxygen atoms in total. The first-order chi connectivity index (χ1) is 9.23. The van der Waals surface area contributed by atoms with Crippen molar-refractivity contribution < 1.29 is 13.2 Å². The van der Waals surface area contributed by atoms with Crippen molar-refractivity contribution in [3.05, 3.63) is 24.3 Å². The fourth-order valence-corrected chi connectivity index (χ4v) is 2.14. The van der Waals surface area contributed by atoms with Crippen molar-refractivity contribution in [1.82, 2.24) is 0 Å². The number of rotatable bonds is 6. The van der Waals surface area contributed by atoms with E-state index in [1.54, 1.807) is 24.3 Å². The summed E-state index contributed by atoms with van der Waals surface area (Å²) in [6, 6.07) is 5.83. The number of amides is 1. The average molecular weight is 299 g/mol. The monoisotopic (exact) mass is 299 g/mol. The molecule has 7 heteroatoms. The van der Waals surface area contributed by atoms with Crippen LogP contribution in [0.5, 0.6) is 0 Å². The number of benzene rings is 1. The molecule has 0 aliphatic carbocycles. The van der Waals surface area contributed by atoms with Crippen LogP contribution in [0.4, 0.5) is 11.4 Å². The zero-order valence-corrected chi connectivity index (χ0v) is 12.7. The van der Waals surface area contributed by atoms with E-state index in [1.165, 1.54) is 0 Å². The zero-order chi connectivity index (χ0) is 15.3. The Morgan fingerprint density at radius 2 is 1.75 bits per heavy atom. The van der Waals surface area contributed by atoms with E-state index in [-0.39, 0.29) is 11.8 Å². The van der Waals surface area contributed by atoms with E-state index in [4.69, 9.17) is 5.73 Å². The maximum absolute atomic E-state index is 11.9. The molecule has 0 aliphatic heterocycles. The van der Waals surface area contributed by atoms with Crippen LogP contribution in [0, 0.1) is 5.92 Å². The molecule has 0 spiro atoms. The van der Waals surface area contributed by atoms with Crippen LogP contribution in [0.1, 0.15) is 20.3 Å². The van der Waals surface area contributed by atoms with Crippen molar-refractivity contribution in [2.75, 3.05) is 16.3 Å². The second kappa shape index (κ2) is 6.71. The van der Waals surface area contributed by atoms with Gasteiger partial charge in [-0.15, -0.1) is 0 Å². The molecule has 4 N–H and O–H groups in total. The molecule has 2 unspecified atom stereocenters. The van der Waals surface area contributed by atoms with Crippen LogP contribution >= 0.6 is 0 Å². The molecule has 0 heterocycles. The first-order valence-corrected chi connectivity index (χ1v) is 8.26. The number of carbonyl (C=O) groups excluding carboxylic acids is 1. The second-order valence-electron chi connectivity index (χ2n) is 4.85. The molecule has 0 aliphatic rings. The summed E-state index contributed by atoms with van der Waals surface area (Å²) >= 11 is 0. The summed E-state index contributed by atoms with van der Waals surface area (Å²) in [5, 5.41) is 2.71. The fourth-order valence-electron chi connectivity index (χ4n) is 1.57. The Kier molecular flexibility index (Phi) is 5.52. The molecule has 1 amide bonds. The highest BCUT2D eigenvalue weighted by molar-refractivity contribution is 7.92. The van der Waals surface area contributed by atoms with Gasteiger partial charge in [0.2, 0.25) is 15.9 Å². The maximum atomic E-state index is 11.9. The van der Waals surface area contributed by atoms with Crippen LogP contribution in [0.15, 0.2) is 24.3 Å². The van der Waals surface area contributed by atoms with Crippen molar-refractivity contribution in [1.29, 1.82) is 0 Å². The molecule has 2 atom stereocenters. The van der Waals surface area contributed by atoms with Crippen molar-refractivity contribution in [2.24, 2.45) is 11.7 Å². The summed E-state index contributed by atoms with van der Waals surface area (Å²) in [4.78, 5) is 11.9. The van der Waals surface area contributed by atoms with Gasteiger partial charge in [0.05, 0.1) is 12.3 Å². The molecule has 20 heavy (non-hydrogen) atoms. The van der Waals surface area contributed by atoms with Crippen LogP contribution in [-0.4, -0.2) is 26.6 Å². The number of anilines is 2. The van der Waals surface area contributed by atoms with Crippen LogP contribution in [0.25, 0.3) is 0 Å². The quantitative estimate of drug-likeness (QED) is 0.738. The Balaban J connectivity index is 2.68. The third-order valence-electron chi connectivity index (χ3n) is 3.02. The lowest BCUT2D eigenvalue weighted by atomic mass is 9.99. The third-order valence-corrected chi connectivity index (χ3v) is 3.62. The minimum absolute atomic E-state index is 0.0983. The topological polar surface area (TPSA) is 101 Å². The standard InChI is InChI=1S/C13H21N3O3S/c1-4-9(2)12(14)13(17)15-10-5-7-11(8-6-10)16-20(3,18)19/h5-9,12,16H,4,14H2,1-3H3,(H,15,17). The highest BCUT2D eigenvalue weighted by atomic mass is 32.2. The summed E-state index contributed by atoms with van der Waals surface area (Å²) in [6.07, 6.45) is 1.90. The molecule has 1 aromatic carbocycles. The lowest BCUT2D eigenvalue weighted by molar-refractivity contribution is -0.118. The van der Waals surface area contributed by atoms with Gasteiger partial charge in [-0.25, -0.2) is 8.42 Å². The van der Waals surface area contributed by atoms with E-state index < -0.39 is 16.1 Å². The normalized spacial score (nSPS) is 14.4. The molecule has 0 saturated carbocycles. The Morgan fingerprint density at radius 3 is 2.20 bits per heavy atom. The molecule has 0 saturated heterocycles. The van der Waals surface area contributed by atoms with Gasteiger partial charge in [0.1, 0.15) is 0 Å². The third kappa shape index (κ3) is 5.18. The number of nitrogens with two attached hydrogens (primary N) is 1. The van der Waals surface area contributed by atoms with Gasteiger partial charge in [-0.3, -0.25) is 9.52 Å². The minimum atomic E-state index is -3.30. The van der Waals surface area contributed by atoms with Crippen LogP contribution in [-0.2, 0) is 14.8 Å². The summed E-state index contributed by atoms with van der Waals surface area (Å²) < 4.78 is 24.5. The summed E-state index contributed by atoms with van der Waals surface area (Å²) in [6.45, 7) is 3.90. The molecular weight excluding hydrogens is 278 g/mol. The first kappa shape index (κ1) is 16.5. The SMILES string of the molecule is CCC(C)C(N)C(=O)Nc1ccc(NS(C)(=O)=O)cc1. The second-order valence-corrected chi connectivity index (χ2v) is 6.60. The van der Waals surface area contributed by atoms with Crippen molar-refractivity contribution in [2.45, 2.75) is 26.3 Å². The van der Waals surface area contributed by atoms with Gasteiger partial charge in [0.15, 0.2) is 0 Å². The Hall–Kier alpha value is -1.60. The number of hydrogen-bond acceptors (Lipinski definition) is 4. The number of nitrogens with one attached hydrogen (secondary N) is 2. The molecule has 1 rings (SSSR count). The van der Waals surface area contributed by atoms with Crippen molar-refractivity contribution in [3.63, 3.8) is 0 Å². The fraction of sp³-hybridized carbons (Fsp3) is 0.462. The Bertz CT molecular complexity index is 555. The van der Waals surface area contributed by atoms with Gasteiger partial charge in [-0.2, -0.15) is 0 Å². The number of carbonyl (C=O) groups is 1. The van der Waals surface area contributed by atoms with E-state index in [9.17, 15) is 13.2 Å². The largest absolute Gasteiger partial charge is 0.325 e. The van der Waals surface area contributed by atoms with Crippen molar-refractivity contribution >= 4 is 27.3 Å². The van der Waals surface area contributed by atoms with Gasteiger partial charge in [0.25, 0.3) is 0 Å².